The number of carbonyl (C=O) groups excluding carboxylic acids is 1. The minimum atomic E-state index is -0.0331. The zero-order valence-electron chi connectivity index (χ0n) is 11.7. The first-order valence-corrected chi connectivity index (χ1v) is 7.08. The molecule has 1 aliphatic heterocycles. The van der Waals surface area contributed by atoms with Gasteiger partial charge in [0.25, 0.3) is 5.91 Å². The van der Waals surface area contributed by atoms with Crippen LogP contribution in [0.1, 0.15) is 22.3 Å². The Morgan fingerprint density at radius 2 is 2.24 bits per heavy atom. The molecule has 1 saturated heterocycles. The number of ether oxygens (including phenoxy) is 1. The Kier molecular flexibility index (Phi) is 4.25. The van der Waals surface area contributed by atoms with Crippen molar-refractivity contribution in [3.05, 3.63) is 48.0 Å². The van der Waals surface area contributed by atoms with Gasteiger partial charge in [-0.15, -0.1) is 0 Å². The highest BCUT2D eigenvalue weighted by Gasteiger charge is 2.16. The van der Waals surface area contributed by atoms with Gasteiger partial charge in [-0.3, -0.25) is 4.79 Å². The fraction of sp³-hybridized carbons (Fsp3) is 0.400. The van der Waals surface area contributed by atoms with Crippen molar-refractivity contribution in [2.75, 3.05) is 19.8 Å². The minimum Gasteiger partial charge on any atom is -0.381 e. The van der Waals surface area contributed by atoms with E-state index in [1.54, 1.807) is 11.0 Å². The smallest absolute Gasteiger partial charge is 0.251 e. The van der Waals surface area contributed by atoms with E-state index in [4.69, 9.17) is 4.74 Å². The monoisotopic (exact) mass is 286 g/mol. The van der Waals surface area contributed by atoms with Crippen LogP contribution in [0.4, 0.5) is 0 Å². The standard InChI is InChI=1S/C15H18N4O2/c20-15(17-7-13-5-6-21-9-13)14-3-1-12(2-4-14)8-19-11-16-10-18-19/h1-4,10-11,13H,5-9H2,(H,17,20)/t13-/m0/s1. The zero-order chi connectivity index (χ0) is 14.5. The van der Waals surface area contributed by atoms with Crippen LogP contribution in [0.15, 0.2) is 36.9 Å². The third-order valence-corrected chi connectivity index (χ3v) is 3.60. The summed E-state index contributed by atoms with van der Waals surface area (Å²) in [7, 11) is 0. The van der Waals surface area contributed by atoms with Crippen LogP contribution in [-0.2, 0) is 11.3 Å². The number of hydrogen-bond acceptors (Lipinski definition) is 4. The normalized spacial score (nSPS) is 17.8. The molecule has 2 heterocycles. The van der Waals surface area contributed by atoms with E-state index in [-0.39, 0.29) is 5.91 Å². The van der Waals surface area contributed by atoms with Crippen LogP contribution in [0.25, 0.3) is 0 Å². The summed E-state index contributed by atoms with van der Waals surface area (Å²) in [6.07, 6.45) is 4.20. The molecule has 21 heavy (non-hydrogen) atoms. The number of carbonyl (C=O) groups is 1. The first kappa shape index (κ1) is 13.8. The summed E-state index contributed by atoms with van der Waals surface area (Å²) in [6, 6.07) is 7.56. The van der Waals surface area contributed by atoms with E-state index in [1.807, 2.05) is 24.3 Å². The maximum Gasteiger partial charge on any atom is 0.251 e. The van der Waals surface area contributed by atoms with Gasteiger partial charge in [-0.05, 0) is 24.1 Å². The lowest BCUT2D eigenvalue weighted by Crippen LogP contribution is -2.29. The van der Waals surface area contributed by atoms with Gasteiger partial charge in [0, 0.05) is 24.6 Å². The molecule has 1 amide bonds. The molecule has 2 aromatic rings. The largest absolute Gasteiger partial charge is 0.381 e. The molecule has 1 aromatic heterocycles. The number of hydrogen-bond donors (Lipinski definition) is 1. The molecule has 0 spiro atoms. The number of amides is 1. The van der Waals surface area contributed by atoms with Crippen molar-refractivity contribution < 1.29 is 9.53 Å². The van der Waals surface area contributed by atoms with Crippen molar-refractivity contribution in [1.82, 2.24) is 20.1 Å². The van der Waals surface area contributed by atoms with Crippen molar-refractivity contribution in [2.24, 2.45) is 5.92 Å². The van der Waals surface area contributed by atoms with Crippen LogP contribution in [0.3, 0.4) is 0 Å². The first-order valence-electron chi connectivity index (χ1n) is 7.08. The van der Waals surface area contributed by atoms with Gasteiger partial charge in [0.05, 0.1) is 13.2 Å². The second kappa shape index (κ2) is 6.49. The van der Waals surface area contributed by atoms with Gasteiger partial charge in [0.1, 0.15) is 12.7 Å². The predicted molar refractivity (Wildman–Crippen MR) is 76.8 cm³/mol. The van der Waals surface area contributed by atoms with Crippen molar-refractivity contribution in [3.8, 4) is 0 Å². The third kappa shape index (κ3) is 3.66. The number of benzene rings is 1. The molecular weight excluding hydrogens is 268 g/mol. The molecule has 1 fully saturated rings. The van der Waals surface area contributed by atoms with Crippen LogP contribution < -0.4 is 5.32 Å². The summed E-state index contributed by atoms with van der Waals surface area (Å²) in [5, 5.41) is 7.02. The van der Waals surface area contributed by atoms with Crippen molar-refractivity contribution in [1.29, 1.82) is 0 Å². The number of rotatable bonds is 5. The van der Waals surface area contributed by atoms with Gasteiger partial charge >= 0.3 is 0 Å². The van der Waals surface area contributed by atoms with Crippen LogP contribution in [-0.4, -0.2) is 40.4 Å². The van der Waals surface area contributed by atoms with Gasteiger partial charge < -0.3 is 10.1 Å². The highest BCUT2D eigenvalue weighted by Crippen LogP contribution is 2.11. The lowest BCUT2D eigenvalue weighted by atomic mass is 10.1. The molecule has 0 radical (unpaired) electrons. The van der Waals surface area contributed by atoms with Crippen LogP contribution in [0.2, 0.25) is 0 Å². The Hall–Kier alpha value is -2.21. The van der Waals surface area contributed by atoms with E-state index in [0.717, 1.165) is 25.2 Å². The SMILES string of the molecule is O=C(NC[C@@H]1CCOC1)c1ccc(Cn2cncn2)cc1. The maximum atomic E-state index is 12.1. The molecule has 6 nitrogen and oxygen atoms in total. The van der Waals surface area contributed by atoms with E-state index >= 15 is 0 Å². The summed E-state index contributed by atoms with van der Waals surface area (Å²) >= 11 is 0. The Morgan fingerprint density at radius 1 is 1.38 bits per heavy atom. The number of nitrogens with one attached hydrogen (secondary N) is 1. The molecule has 6 heteroatoms. The first-order chi connectivity index (χ1) is 10.3. The molecular formula is C15H18N4O2. The van der Waals surface area contributed by atoms with Crippen LogP contribution >= 0.6 is 0 Å². The Labute approximate surface area is 123 Å². The molecule has 0 bridgehead atoms. The Balaban J connectivity index is 1.54. The summed E-state index contributed by atoms with van der Waals surface area (Å²) in [4.78, 5) is 16.0. The van der Waals surface area contributed by atoms with Gasteiger partial charge in [-0.25, -0.2) is 9.67 Å². The van der Waals surface area contributed by atoms with Gasteiger partial charge in [-0.1, -0.05) is 12.1 Å². The molecule has 0 unspecified atom stereocenters. The van der Waals surface area contributed by atoms with Gasteiger partial charge in [-0.2, -0.15) is 5.10 Å². The van der Waals surface area contributed by atoms with Crippen LogP contribution in [0, 0.1) is 5.92 Å². The highest BCUT2D eigenvalue weighted by molar-refractivity contribution is 5.94. The minimum absolute atomic E-state index is 0.0331. The average molecular weight is 286 g/mol. The summed E-state index contributed by atoms with van der Waals surface area (Å²) in [5.41, 5.74) is 1.76. The second-order valence-electron chi connectivity index (χ2n) is 5.23. The zero-order valence-corrected chi connectivity index (χ0v) is 11.7. The van der Waals surface area contributed by atoms with E-state index in [0.29, 0.717) is 24.6 Å². The molecule has 1 aliphatic rings. The Morgan fingerprint density at radius 3 is 2.90 bits per heavy atom. The lowest BCUT2D eigenvalue weighted by molar-refractivity contribution is 0.0945. The molecule has 1 aromatic carbocycles. The van der Waals surface area contributed by atoms with Crippen molar-refractivity contribution >= 4 is 5.91 Å². The summed E-state index contributed by atoms with van der Waals surface area (Å²) in [5.74, 6) is 0.412. The fourth-order valence-corrected chi connectivity index (χ4v) is 2.35. The van der Waals surface area contributed by atoms with Crippen molar-refractivity contribution in [2.45, 2.75) is 13.0 Å². The highest BCUT2D eigenvalue weighted by atomic mass is 16.5. The van der Waals surface area contributed by atoms with E-state index in [9.17, 15) is 4.79 Å². The quantitative estimate of drug-likeness (QED) is 0.893. The molecule has 110 valence electrons. The second-order valence-corrected chi connectivity index (χ2v) is 5.23. The predicted octanol–water partition coefficient (Wildman–Crippen LogP) is 1.09. The topological polar surface area (TPSA) is 69.0 Å². The maximum absolute atomic E-state index is 12.1. The average Bonchev–Trinajstić information content (AvgIpc) is 3.19. The lowest BCUT2D eigenvalue weighted by Gasteiger charge is -2.10. The molecule has 1 atom stereocenters. The molecule has 3 rings (SSSR count). The van der Waals surface area contributed by atoms with E-state index < -0.39 is 0 Å². The van der Waals surface area contributed by atoms with Gasteiger partial charge in [0.2, 0.25) is 0 Å². The number of nitrogens with zero attached hydrogens (tertiary/aromatic N) is 3. The van der Waals surface area contributed by atoms with Crippen LogP contribution in [0.5, 0.6) is 0 Å². The third-order valence-electron chi connectivity index (χ3n) is 3.60. The van der Waals surface area contributed by atoms with E-state index in [1.165, 1.54) is 6.33 Å². The molecule has 1 N–H and O–H groups in total. The Bertz CT molecular complexity index is 574. The molecule has 0 saturated carbocycles. The van der Waals surface area contributed by atoms with Gasteiger partial charge in [0.15, 0.2) is 0 Å². The van der Waals surface area contributed by atoms with E-state index in [2.05, 4.69) is 15.4 Å². The fourth-order valence-electron chi connectivity index (χ4n) is 2.35. The summed E-state index contributed by atoms with van der Waals surface area (Å²) in [6.45, 7) is 2.88. The summed E-state index contributed by atoms with van der Waals surface area (Å²) < 4.78 is 7.04. The molecule has 0 aliphatic carbocycles. The number of aromatic nitrogens is 3. The van der Waals surface area contributed by atoms with Crippen molar-refractivity contribution in [3.63, 3.8) is 0 Å².